The molecule has 0 aromatic heterocycles. The molecule has 6 nitrogen and oxygen atoms in total. The van der Waals surface area contributed by atoms with E-state index in [1.807, 2.05) is 24.3 Å². The largest absolute Gasteiger partial charge is 0.497 e. The number of rotatable bonds is 12. The van der Waals surface area contributed by atoms with Crippen LogP contribution in [0.25, 0.3) is 0 Å². The fraction of sp³-hybridized carbons (Fsp3) is 0.667. The third-order valence-electron chi connectivity index (χ3n) is 4.28. The van der Waals surface area contributed by atoms with Crippen LogP contribution in [0.5, 0.6) is 5.75 Å². The first-order valence-corrected chi connectivity index (χ1v) is 8.27. The monoisotopic (exact) mass is 340 g/mol. The molecule has 4 atom stereocenters. The van der Waals surface area contributed by atoms with Gasteiger partial charge in [0.05, 0.1) is 32.5 Å². The topological polar surface area (TPSA) is 69.7 Å². The van der Waals surface area contributed by atoms with Crippen LogP contribution in [0.15, 0.2) is 24.3 Å². The van der Waals surface area contributed by atoms with Gasteiger partial charge in [-0.25, -0.2) is 0 Å². The first kappa shape index (κ1) is 19.1. The summed E-state index contributed by atoms with van der Waals surface area (Å²) in [5.41, 5.74) is 1.10. The molecule has 1 saturated heterocycles. The van der Waals surface area contributed by atoms with Gasteiger partial charge in [-0.2, -0.15) is 0 Å². The van der Waals surface area contributed by atoms with E-state index in [2.05, 4.69) is 6.92 Å². The van der Waals surface area contributed by atoms with E-state index in [4.69, 9.17) is 28.8 Å². The van der Waals surface area contributed by atoms with Crippen LogP contribution in [0.3, 0.4) is 0 Å². The molecule has 1 aliphatic rings. The average Bonchev–Trinajstić information content (AvgIpc) is 3.41. The first-order valence-electron chi connectivity index (χ1n) is 8.27. The van der Waals surface area contributed by atoms with Crippen molar-refractivity contribution < 1.29 is 28.8 Å². The van der Waals surface area contributed by atoms with Gasteiger partial charge in [-0.3, -0.25) is 0 Å². The van der Waals surface area contributed by atoms with Crippen molar-refractivity contribution in [3.05, 3.63) is 29.8 Å². The molecule has 1 aliphatic heterocycles. The van der Waals surface area contributed by atoms with Crippen LogP contribution in [0, 0.1) is 5.92 Å². The molecule has 136 valence electrons. The van der Waals surface area contributed by atoms with Crippen molar-refractivity contribution in [3.8, 4) is 5.75 Å². The maximum absolute atomic E-state index is 9.14. The summed E-state index contributed by atoms with van der Waals surface area (Å²) in [6.07, 6.45) is 0.716. The van der Waals surface area contributed by atoms with Crippen LogP contribution in [-0.4, -0.2) is 57.6 Å². The quantitative estimate of drug-likeness (QED) is 0.356. The number of aliphatic hydroxyl groups is 1. The second-order valence-corrected chi connectivity index (χ2v) is 5.98. The Morgan fingerprint density at radius 3 is 2.54 bits per heavy atom. The van der Waals surface area contributed by atoms with E-state index in [-0.39, 0.29) is 37.6 Å². The molecular weight excluding hydrogens is 312 g/mol. The van der Waals surface area contributed by atoms with E-state index in [0.29, 0.717) is 13.2 Å². The van der Waals surface area contributed by atoms with Gasteiger partial charge in [-0.15, -0.1) is 0 Å². The highest BCUT2D eigenvalue weighted by Gasteiger charge is 2.45. The summed E-state index contributed by atoms with van der Waals surface area (Å²) in [4.78, 5) is 0. The SMILES string of the molecule is COCO[C@@H](CCOCc1ccc(OC)cc1)[C@@H](C)[C@H]1O[C@@H]1CO. The number of ether oxygens (including phenoxy) is 5. The second-order valence-electron chi connectivity index (χ2n) is 5.98. The van der Waals surface area contributed by atoms with Gasteiger partial charge in [0.1, 0.15) is 18.6 Å². The molecule has 1 heterocycles. The molecule has 0 radical (unpaired) electrons. The van der Waals surface area contributed by atoms with Gasteiger partial charge in [0, 0.05) is 19.6 Å². The van der Waals surface area contributed by atoms with E-state index in [1.54, 1.807) is 14.2 Å². The van der Waals surface area contributed by atoms with Crippen molar-refractivity contribution in [1.29, 1.82) is 0 Å². The fourth-order valence-electron chi connectivity index (χ4n) is 2.74. The Morgan fingerprint density at radius 2 is 1.96 bits per heavy atom. The fourth-order valence-corrected chi connectivity index (χ4v) is 2.74. The molecule has 1 N–H and O–H groups in total. The van der Waals surface area contributed by atoms with E-state index in [0.717, 1.165) is 17.7 Å². The lowest BCUT2D eigenvalue weighted by Crippen LogP contribution is -2.29. The second kappa shape index (κ2) is 9.96. The molecule has 1 aromatic carbocycles. The molecule has 0 unspecified atom stereocenters. The molecule has 2 rings (SSSR count). The summed E-state index contributed by atoms with van der Waals surface area (Å²) in [5, 5.41) is 9.14. The molecular formula is C18H28O6. The minimum absolute atomic E-state index is 0.0256. The smallest absolute Gasteiger partial charge is 0.146 e. The Bertz CT molecular complexity index is 463. The maximum Gasteiger partial charge on any atom is 0.146 e. The highest BCUT2D eigenvalue weighted by molar-refractivity contribution is 5.26. The van der Waals surface area contributed by atoms with Gasteiger partial charge >= 0.3 is 0 Å². The van der Waals surface area contributed by atoms with Crippen LogP contribution >= 0.6 is 0 Å². The van der Waals surface area contributed by atoms with E-state index < -0.39 is 0 Å². The number of benzene rings is 1. The van der Waals surface area contributed by atoms with E-state index in [1.165, 1.54) is 0 Å². The molecule has 0 aliphatic carbocycles. The average molecular weight is 340 g/mol. The van der Waals surface area contributed by atoms with Crippen molar-refractivity contribution in [2.24, 2.45) is 5.92 Å². The minimum atomic E-state index is -0.0612. The molecule has 1 fully saturated rings. The molecule has 0 spiro atoms. The molecule has 0 amide bonds. The van der Waals surface area contributed by atoms with Crippen molar-refractivity contribution in [3.63, 3.8) is 0 Å². The Labute approximate surface area is 143 Å². The number of methoxy groups -OCH3 is 2. The summed E-state index contributed by atoms with van der Waals surface area (Å²) in [6.45, 7) is 3.50. The highest BCUT2D eigenvalue weighted by atomic mass is 16.7. The Morgan fingerprint density at radius 1 is 1.21 bits per heavy atom. The lowest BCUT2D eigenvalue weighted by Gasteiger charge is -2.23. The lowest BCUT2D eigenvalue weighted by molar-refractivity contribution is -0.101. The van der Waals surface area contributed by atoms with Gasteiger partial charge in [0.25, 0.3) is 0 Å². The number of hydrogen-bond donors (Lipinski definition) is 1. The van der Waals surface area contributed by atoms with E-state index in [9.17, 15) is 0 Å². The third-order valence-corrected chi connectivity index (χ3v) is 4.28. The normalized spacial score (nSPS) is 22.2. The molecule has 1 aromatic rings. The summed E-state index contributed by atoms with van der Waals surface area (Å²) < 4.78 is 27.1. The zero-order valence-electron chi connectivity index (χ0n) is 14.6. The maximum atomic E-state index is 9.14. The summed E-state index contributed by atoms with van der Waals surface area (Å²) in [7, 11) is 3.25. The molecule has 0 bridgehead atoms. The van der Waals surface area contributed by atoms with Crippen molar-refractivity contribution in [2.45, 2.75) is 38.3 Å². The van der Waals surface area contributed by atoms with Gasteiger partial charge in [0.2, 0.25) is 0 Å². The zero-order chi connectivity index (χ0) is 17.4. The Kier molecular flexibility index (Phi) is 7.94. The van der Waals surface area contributed by atoms with Crippen LogP contribution in [-0.2, 0) is 25.6 Å². The van der Waals surface area contributed by atoms with Crippen molar-refractivity contribution in [1.82, 2.24) is 0 Å². The van der Waals surface area contributed by atoms with Crippen LogP contribution in [0.4, 0.5) is 0 Å². The molecule has 6 heteroatoms. The predicted molar refractivity (Wildman–Crippen MR) is 88.9 cm³/mol. The zero-order valence-corrected chi connectivity index (χ0v) is 14.6. The van der Waals surface area contributed by atoms with Crippen molar-refractivity contribution in [2.75, 3.05) is 34.2 Å². The number of aliphatic hydroxyl groups excluding tert-OH is 1. The predicted octanol–water partition coefficient (Wildman–Crippen LogP) is 1.99. The van der Waals surface area contributed by atoms with Gasteiger partial charge in [0.15, 0.2) is 0 Å². The number of epoxide rings is 1. The summed E-state index contributed by atoms with van der Waals surface area (Å²) in [5.74, 6) is 1.02. The van der Waals surface area contributed by atoms with Crippen LogP contribution in [0.1, 0.15) is 18.9 Å². The molecule has 0 saturated carbocycles. The third kappa shape index (κ3) is 5.72. The Balaban J connectivity index is 1.73. The number of hydrogen-bond acceptors (Lipinski definition) is 6. The van der Waals surface area contributed by atoms with Gasteiger partial charge in [-0.05, 0) is 24.1 Å². The first-order chi connectivity index (χ1) is 11.7. The highest BCUT2D eigenvalue weighted by Crippen LogP contribution is 2.33. The van der Waals surface area contributed by atoms with Gasteiger partial charge < -0.3 is 28.8 Å². The Hall–Kier alpha value is -1.18. The standard InChI is InChI=1S/C18H28O6/c1-13(18-17(10-19)24-18)16(23-12-20-2)8-9-22-11-14-4-6-15(21-3)7-5-14/h4-7,13,16-19H,8-12H2,1-3H3/t13-,16+,17-,18-/m1/s1. The summed E-state index contributed by atoms with van der Waals surface area (Å²) >= 11 is 0. The van der Waals surface area contributed by atoms with Crippen LogP contribution < -0.4 is 4.74 Å². The van der Waals surface area contributed by atoms with Crippen molar-refractivity contribution >= 4 is 0 Å². The van der Waals surface area contributed by atoms with Gasteiger partial charge in [-0.1, -0.05) is 19.1 Å². The minimum Gasteiger partial charge on any atom is -0.497 e. The summed E-state index contributed by atoms with van der Waals surface area (Å²) in [6, 6.07) is 7.82. The molecule has 24 heavy (non-hydrogen) atoms. The van der Waals surface area contributed by atoms with Crippen LogP contribution in [0.2, 0.25) is 0 Å². The van der Waals surface area contributed by atoms with E-state index >= 15 is 0 Å². The lowest BCUT2D eigenvalue weighted by atomic mass is 9.96.